The average molecular weight is 375 g/mol. The highest BCUT2D eigenvalue weighted by molar-refractivity contribution is 5.56. The van der Waals surface area contributed by atoms with E-state index in [1.165, 1.54) is 11.1 Å². The number of hydroxylamine groups is 2. The van der Waals surface area contributed by atoms with Crippen LogP contribution in [0, 0.1) is 11.1 Å². The number of hydrogen-bond donors (Lipinski definition) is 1. The van der Waals surface area contributed by atoms with Gasteiger partial charge in [-0.2, -0.15) is 0 Å². The van der Waals surface area contributed by atoms with Gasteiger partial charge in [-0.05, 0) is 38.3 Å². The molecule has 1 aromatic carbocycles. The molecule has 6 heteroatoms. The van der Waals surface area contributed by atoms with Crippen molar-refractivity contribution < 1.29 is 24.0 Å². The summed E-state index contributed by atoms with van der Waals surface area (Å²) in [7, 11) is 1.58. The summed E-state index contributed by atoms with van der Waals surface area (Å²) in [6.07, 6.45) is 4.13. The number of ether oxygens (including phenoxy) is 4. The second-order valence-electron chi connectivity index (χ2n) is 8.55. The van der Waals surface area contributed by atoms with Crippen molar-refractivity contribution in [3.05, 3.63) is 46.7 Å². The minimum atomic E-state index is -0.742. The normalized spacial score (nSPS) is 37.8. The summed E-state index contributed by atoms with van der Waals surface area (Å²) >= 11 is 0. The highest BCUT2D eigenvalue weighted by atomic mass is 16.8. The number of benzene rings is 1. The second kappa shape index (κ2) is 6.95. The molecule has 6 atom stereocenters. The predicted molar refractivity (Wildman–Crippen MR) is 101 cm³/mol. The lowest BCUT2D eigenvalue weighted by atomic mass is 9.90. The van der Waals surface area contributed by atoms with E-state index in [1.54, 1.807) is 7.05 Å². The number of nitrogens with one attached hydrogen (secondary N) is 1. The van der Waals surface area contributed by atoms with E-state index in [9.17, 15) is 5.21 Å². The van der Waals surface area contributed by atoms with Gasteiger partial charge in [-0.25, -0.2) is 0 Å². The maximum atomic E-state index is 11.8. The zero-order valence-electron chi connectivity index (χ0n) is 16.4. The maximum absolute atomic E-state index is 11.8. The summed E-state index contributed by atoms with van der Waals surface area (Å²) in [6, 6.07) is 8.42. The van der Waals surface area contributed by atoms with E-state index in [1.807, 2.05) is 20.8 Å². The van der Waals surface area contributed by atoms with Gasteiger partial charge in [0.2, 0.25) is 0 Å². The SMILES string of the molecule is C[NH+]([O-])C[C@@]1(C)O[C@@H]2OC(C)(C)O[C@@H]2[C@@H]1OCC1C=Cc2ccccc2C1. The number of likely N-dealkylation sites (N-methyl/N-ethyl adjacent to an activating group) is 1. The molecule has 1 aliphatic carbocycles. The Kier molecular flexibility index (Phi) is 4.91. The Morgan fingerprint density at radius 1 is 1.19 bits per heavy atom. The van der Waals surface area contributed by atoms with Gasteiger partial charge >= 0.3 is 0 Å². The molecule has 0 saturated carbocycles. The van der Waals surface area contributed by atoms with Gasteiger partial charge in [0.05, 0.1) is 13.7 Å². The van der Waals surface area contributed by atoms with Crippen molar-refractivity contribution in [2.24, 2.45) is 5.92 Å². The van der Waals surface area contributed by atoms with Gasteiger partial charge in [-0.15, -0.1) is 0 Å². The van der Waals surface area contributed by atoms with Crippen molar-refractivity contribution in [2.75, 3.05) is 20.2 Å². The molecule has 0 spiro atoms. The average Bonchev–Trinajstić information content (AvgIpc) is 2.99. The number of fused-ring (bicyclic) bond motifs is 2. The molecular formula is C21H29NO5. The molecule has 27 heavy (non-hydrogen) atoms. The minimum absolute atomic E-state index is 0.0665. The molecule has 0 aromatic heterocycles. The Bertz CT molecular complexity index is 718. The Morgan fingerprint density at radius 2 is 1.96 bits per heavy atom. The lowest BCUT2D eigenvalue weighted by Gasteiger charge is -2.36. The summed E-state index contributed by atoms with van der Waals surface area (Å²) in [5.74, 6) is -0.422. The molecular weight excluding hydrogens is 346 g/mol. The van der Waals surface area contributed by atoms with Crippen LogP contribution in [-0.4, -0.2) is 50.1 Å². The summed E-state index contributed by atoms with van der Waals surface area (Å²) in [6.45, 7) is 6.49. The monoisotopic (exact) mass is 375 g/mol. The van der Waals surface area contributed by atoms with Crippen molar-refractivity contribution in [2.45, 2.75) is 57.1 Å². The largest absolute Gasteiger partial charge is 0.634 e. The number of quaternary nitrogens is 1. The smallest absolute Gasteiger partial charge is 0.190 e. The van der Waals surface area contributed by atoms with Gasteiger partial charge in [0, 0.05) is 5.92 Å². The number of hydrogen-bond acceptors (Lipinski definition) is 5. The Morgan fingerprint density at radius 3 is 2.74 bits per heavy atom. The van der Waals surface area contributed by atoms with Crippen LogP contribution in [-0.2, 0) is 25.4 Å². The molecule has 148 valence electrons. The zero-order valence-corrected chi connectivity index (χ0v) is 16.4. The molecule has 4 rings (SSSR count). The highest BCUT2D eigenvalue weighted by Crippen LogP contribution is 2.43. The molecule has 2 aliphatic heterocycles. The van der Waals surface area contributed by atoms with Crippen molar-refractivity contribution in [1.29, 1.82) is 0 Å². The highest BCUT2D eigenvalue weighted by Gasteiger charge is 2.61. The fourth-order valence-electron chi connectivity index (χ4n) is 4.46. The van der Waals surface area contributed by atoms with Gasteiger partial charge in [0.15, 0.2) is 12.1 Å². The first-order valence-corrected chi connectivity index (χ1v) is 9.66. The van der Waals surface area contributed by atoms with Crippen LogP contribution in [0.4, 0.5) is 0 Å². The van der Waals surface area contributed by atoms with E-state index in [4.69, 9.17) is 18.9 Å². The zero-order chi connectivity index (χ0) is 19.2. The Hall–Kier alpha value is -1.28. The molecule has 1 aromatic rings. The molecule has 2 saturated heterocycles. The summed E-state index contributed by atoms with van der Waals surface area (Å²) in [4.78, 5) is 0. The molecule has 1 N–H and O–H groups in total. The van der Waals surface area contributed by atoms with Crippen LogP contribution in [0.1, 0.15) is 31.9 Å². The van der Waals surface area contributed by atoms with Crippen LogP contribution in [0.25, 0.3) is 6.08 Å². The van der Waals surface area contributed by atoms with E-state index < -0.39 is 17.7 Å². The van der Waals surface area contributed by atoms with Crippen LogP contribution in [0.15, 0.2) is 30.3 Å². The molecule has 0 radical (unpaired) electrons. The van der Waals surface area contributed by atoms with Gasteiger partial charge in [-0.1, -0.05) is 36.4 Å². The third-order valence-electron chi connectivity index (χ3n) is 5.55. The molecule has 0 amide bonds. The molecule has 3 aliphatic rings. The van der Waals surface area contributed by atoms with Crippen LogP contribution in [0.2, 0.25) is 0 Å². The number of rotatable bonds is 5. The lowest BCUT2D eigenvalue weighted by Crippen LogP contribution is -3.06. The third kappa shape index (κ3) is 3.83. The summed E-state index contributed by atoms with van der Waals surface area (Å²) < 4.78 is 24.4. The maximum Gasteiger partial charge on any atom is 0.190 e. The van der Waals surface area contributed by atoms with Gasteiger partial charge in [0.25, 0.3) is 0 Å². The first-order valence-electron chi connectivity index (χ1n) is 9.66. The summed E-state index contributed by atoms with van der Waals surface area (Å²) in [5.41, 5.74) is 1.87. The molecule has 2 fully saturated rings. The van der Waals surface area contributed by atoms with Crippen molar-refractivity contribution >= 4 is 6.08 Å². The van der Waals surface area contributed by atoms with E-state index in [0.717, 1.165) is 6.42 Å². The quantitative estimate of drug-likeness (QED) is 0.791. The van der Waals surface area contributed by atoms with Crippen LogP contribution in [0.5, 0.6) is 0 Å². The minimum Gasteiger partial charge on any atom is -0.634 e. The van der Waals surface area contributed by atoms with Crippen molar-refractivity contribution in [3.63, 3.8) is 0 Å². The van der Waals surface area contributed by atoms with Crippen molar-refractivity contribution in [3.8, 4) is 0 Å². The van der Waals surface area contributed by atoms with Gasteiger partial charge < -0.3 is 29.2 Å². The molecule has 2 unspecified atom stereocenters. The predicted octanol–water partition coefficient (Wildman–Crippen LogP) is 1.54. The first-order chi connectivity index (χ1) is 12.8. The first kappa shape index (κ1) is 19.1. The van der Waals surface area contributed by atoms with Crippen molar-refractivity contribution in [1.82, 2.24) is 0 Å². The van der Waals surface area contributed by atoms with Crippen LogP contribution >= 0.6 is 0 Å². The van der Waals surface area contributed by atoms with E-state index in [2.05, 4.69) is 36.4 Å². The lowest BCUT2D eigenvalue weighted by molar-refractivity contribution is -0.834. The Balaban J connectivity index is 1.47. The Labute approximate surface area is 160 Å². The van der Waals surface area contributed by atoms with Gasteiger partial charge in [0.1, 0.15) is 24.4 Å². The summed E-state index contributed by atoms with van der Waals surface area (Å²) in [5, 5.41) is 11.9. The standard InChI is InChI=1S/C21H29NO5/c1-20(2)25-17-18(21(3,13-22(4)23)27-19(17)26-20)24-12-14-9-10-15-7-5-6-8-16(15)11-14/h5-10,14,17-19,22H,11-13H2,1-4H3/t14?,17-,18+,19+,21-/m1/s1. The molecule has 0 bridgehead atoms. The van der Waals surface area contributed by atoms with Crippen LogP contribution < -0.4 is 5.06 Å². The van der Waals surface area contributed by atoms with Crippen LogP contribution in [0.3, 0.4) is 0 Å². The molecule has 6 nitrogen and oxygen atoms in total. The second-order valence-corrected chi connectivity index (χ2v) is 8.55. The molecule has 2 heterocycles. The van der Waals surface area contributed by atoms with Gasteiger partial charge in [-0.3, -0.25) is 0 Å². The third-order valence-corrected chi connectivity index (χ3v) is 5.55. The topological polar surface area (TPSA) is 64.4 Å². The fourth-order valence-corrected chi connectivity index (χ4v) is 4.46. The fraction of sp³-hybridized carbons (Fsp3) is 0.619. The van der Waals surface area contributed by atoms with E-state index >= 15 is 0 Å². The van der Waals surface area contributed by atoms with E-state index in [-0.39, 0.29) is 29.7 Å². The van der Waals surface area contributed by atoms with E-state index in [0.29, 0.717) is 6.61 Å².